The number of carbonyl (C=O) groups excluding carboxylic acids is 1. The van der Waals surface area contributed by atoms with E-state index in [9.17, 15) is 9.18 Å². The first-order valence-corrected chi connectivity index (χ1v) is 3.71. The Morgan fingerprint density at radius 1 is 1.55 bits per heavy atom. The third kappa shape index (κ3) is 2.03. The summed E-state index contributed by atoms with van der Waals surface area (Å²) in [6.07, 6.45) is 3.22. The topological polar surface area (TPSA) is 26.3 Å². The summed E-state index contributed by atoms with van der Waals surface area (Å²) in [5, 5.41) is 0. The number of hydrogen-bond acceptors (Lipinski definition) is 2. The Bertz CT molecular complexity index is 171. The highest BCUT2D eigenvalue weighted by molar-refractivity contribution is 5.81. The zero-order valence-corrected chi connectivity index (χ0v) is 6.31. The van der Waals surface area contributed by atoms with Gasteiger partial charge in [-0.1, -0.05) is 6.58 Å². The SMILES string of the molecule is C=CC(=O)OC1(F)CCCC1. The first-order valence-electron chi connectivity index (χ1n) is 3.71. The molecule has 2 nitrogen and oxygen atoms in total. The van der Waals surface area contributed by atoms with E-state index in [1.807, 2.05) is 0 Å². The van der Waals surface area contributed by atoms with Gasteiger partial charge < -0.3 is 4.74 Å². The van der Waals surface area contributed by atoms with E-state index in [2.05, 4.69) is 11.3 Å². The number of rotatable bonds is 2. The van der Waals surface area contributed by atoms with E-state index in [4.69, 9.17) is 0 Å². The summed E-state index contributed by atoms with van der Waals surface area (Å²) in [5.41, 5.74) is 0. The summed E-state index contributed by atoms with van der Waals surface area (Å²) in [6, 6.07) is 0. The molecule has 0 aromatic carbocycles. The normalized spacial score (nSPS) is 21.2. The van der Waals surface area contributed by atoms with E-state index in [0.717, 1.165) is 18.9 Å². The summed E-state index contributed by atoms with van der Waals surface area (Å²) >= 11 is 0. The second-order valence-electron chi connectivity index (χ2n) is 2.72. The van der Waals surface area contributed by atoms with Gasteiger partial charge in [0.25, 0.3) is 5.85 Å². The van der Waals surface area contributed by atoms with Gasteiger partial charge >= 0.3 is 5.97 Å². The Kier molecular flexibility index (Phi) is 2.27. The molecule has 0 aromatic rings. The third-order valence-corrected chi connectivity index (χ3v) is 1.80. The lowest BCUT2D eigenvalue weighted by atomic mass is 10.3. The van der Waals surface area contributed by atoms with Crippen LogP contribution in [0, 0.1) is 0 Å². The lowest BCUT2D eigenvalue weighted by Gasteiger charge is -2.17. The van der Waals surface area contributed by atoms with Crippen LogP contribution in [0.15, 0.2) is 12.7 Å². The molecule has 1 rings (SSSR count). The highest BCUT2D eigenvalue weighted by atomic mass is 19.2. The van der Waals surface area contributed by atoms with Crippen LogP contribution in [0.5, 0.6) is 0 Å². The fraction of sp³-hybridized carbons (Fsp3) is 0.625. The third-order valence-electron chi connectivity index (χ3n) is 1.80. The predicted molar refractivity (Wildman–Crippen MR) is 38.6 cm³/mol. The Balaban J connectivity index is 2.45. The molecular formula is C8H11FO2. The molecule has 0 saturated heterocycles. The maximum absolute atomic E-state index is 13.3. The molecule has 0 radical (unpaired) electrons. The molecular weight excluding hydrogens is 147 g/mol. The maximum atomic E-state index is 13.3. The van der Waals surface area contributed by atoms with Gasteiger partial charge in [-0.25, -0.2) is 4.79 Å². The number of ether oxygens (including phenoxy) is 1. The molecule has 0 aliphatic heterocycles. The summed E-state index contributed by atoms with van der Waals surface area (Å²) in [7, 11) is 0. The van der Waals surface area contributed by atoms with Crippen molar-refractivity contribution in [3.63, 3.8) is 0 Å². The standard InChI is InChI=1S/C8H11FO2/c1-2-7(10)11-8(9)5-3-4-6-8/h2H,1,3-6H2. The molecule has 1 fully saturated rings. The zero-order chi connectivity index (χ0) is 8.32. The summed E-state index contributed by atoms with van der Waals surface area (Å²) < 4.78 is 17.8. The average molecular weight is 158 g/mol. The van der Waals surface area contributed by atoms with Gasteiger partial charge in [-0.3, -0.25) is 0 Å². The quantitative estimate of drug-likeness (QED) is 0.453. The van der Waals surface area contributed by atoms with Crippen molar-refractivity contribution < 1.29 is 13.9 Å². The molecule has 0 atom stereocenters. The van der Waals surface area contributed by atoms with Crippen LogP contribution in [-0.4, -0.2) is 11.8 Å². The van der Waals surface area contributed by atoms with Crippen LogP contribution in [0.3, 0.4) is 0 Å². The zero-order valence-electron chi connectivity index (χ0n) is 6.31. The Hall–Kier alpha value is -0.860. The molecule has 0 amide bonds. The van der Waals surface area contributed by atoms with Gasteiger partial charge in [-0.15, -0.1) is 0 Å². The molecule has 62 valence electrons. The molecule has 0 aromatic heterocycles. The van der Waals surface area contributed by atoms with Gasteiger partial charge in [0.2, 0.25) is 0 Å². The number of carbonyl (C=O) groups is 1. The predicted octanol–water partition coefficient (Wildman–Crippen LogP) is 1.96. The molecule has 0 N–H and O–H groups in total. The summed E-state index contributed by atoms with van der Waals surface area (Å²) in [5.74, 6) is -2.37. The van der Waals surface area contributed by atoms with Crippen LogP contribution in [0.2, 0.25) is 0 Å². The van der Waals surface area contributed by atoms with E-state index in [0.29, 0.717) is 12.8 Å². The molecule has 3 heteroatoms. The second kappa shape index (κ2) is 3.03. The van der Waals surface area contributed by atoms with Gasteiger partial charge in [0.05, 0.1) is 0 Å². The summed E-state index contributed by atoms with van der Waals surface area (Å²) in [6.45, 7) is 3.19. The number of esters is 1. The van der Waals surface area contributed by atoms with Crippen molar-refractivity contribution in [2.24, 2.45) is 0 Å². The molecule has 0 bridgehead atoms. The molecule has 1 aliphatic rings. The molecule has 1 aliphatic carbocycles. The number of alkyl halides is 1. The largest absolute Gasteiger partial charge is 0.425 e. The highest BCUT2D eigenvalue weighted by Crippen LogP contribution is 2.34. The van der Waals surface area contributed by atoms with E-state index in [1.54, 1.807) is 0 Å². The highest BCUT2D eigenvalue weighted by Gasteiger charge is 2.36. The first-order chi connectivity index (χ1) is 5.16. The fourth-order valence-electron chi connectivity index (χ4n) is 1.23. The number of halogens is 1. The van der Waals surface area contributed by atoms with Crippen molar-refractivity contribution >= 4 is 5.97 Å². The fourth-order valence-corrected chi connectivity index (χ4v) is 1.23. The minimum atomic E-state index is -1.70. The summed E-state index contributed by atoms with van der Waals surface area (Å²) in [4.78, 5) is 10.6. The maximum Gasteiger partial charge on any atom is 0.332 e. The van der Waals surface area contributed by atoms with Gasteiger partial charge in [0, 0.05) is 18.9 Å². The van der Waals surface area contributed by atoms with Crippen LogP contribution in [0.4, 0.5) is 4.39 Å². The van der Waals surface area contributed by atoms with Gasteiger partial charge in [0.1, 0.15) is 0 Å². The second-order valence-corrected chi connectivity index (χ2v) is 2.72. The van der Waals surface area contributed by atoms with Gasteiger partial charge in [-0.2, -0.15) is 4.39 Å². The van der Waals surface area contributed by atoms with Crippen LogP contribution in [-0.2, 0) is 9.53 Å². The van der Waals surface area contributed by atoms with Crippen LogP contribution < -0.4 is 0 Å². The lowest BCUT2D eigenvalue weighted by molar-refractivity contribution is -0.174. The Labute approximate surface area is 65.0 Å². The molecule has 0 unspecified atom stereocenters. The molecule has 0 heterocycles. The van der Waals surface area contributed by atoms with Crippen LogP contribution in [0.1, 0.15) is 25.7 Å². The smallest absolute Gasteiger partial charge is 0.332 e. The average Bonchev–Trinajstić information content (AvgIpc) is 2.36. The van der Waals surface area contributed by atoms with E-state index in [1.165, 1.54) is 0 Å². The van der Waals surface area contributed by atoms with E-state index in [-0.39, 0.29) is 0 Å². The van der Waals surface area contributed by atoms with E-state index >= 15 is 0 Å². The van der Waals surface area contributed by atoms with Crippen molar-refractivity contribution in [2.45, 2.75) is 31.5 Å². The Morgan fingerprint density at radius 3 is 2.55 bits per heavy atom. The molecule has 0 spiro atoms. The van der Waals surface area contributed by atoms with Crippen molar-refractivity contribution in [1.29, 1.82) is 0 Å². The number of hydrogen-bond donors (Lipinski definition) is 0. The van der Waals surface area contributed by atoms with Gasteiger partial charge in [0.15, 0.2) is 0 Å². The van der Waals surface area contributed by atoms with Crippen molar-refractivity contribution in [3.8, 4) is 0 Å². The molecule has 11 heavy (non-hydrogen) atoms. The van der Waals surface area contributed by atoms with Crippen LogP contribution >= 0.6 is 0 Å². The monoisotopic (exact) mass is 158 g/mol. The lowest BCUT2D eigenvalue weighted by Crippen LogP contribution is -2.25. The minimum Gasteiger partial charge on any atom is -0.425 e. The van der Waals surface area contributed by atoms with Crippen molar-refractivity contribution in [1.82, 2.24) is 0 Å². The van der Waals surface area contributed by atoms with Crippen molar-refractivity contribution in [3.05, 3.63) is 12.7 Å². The van der Waals surface area contributed by atoms with Gasteiger partial charge in [-0.05, 0) is 12.8 Å². The minimum absolute atomic E-state index is 0.326. The van der Waals surface area contributed by atoms with Crippen molar-refractivity contribution in [2.75, 3.05) is 0 Å². The van der Waals surface area contributed by atoms with E-state index < -0.39 is 11.8 Å². The Morgan fingerprint density at radius 2 is 2.09 bits per heavy atom. The first kappa shape index (κ1) is 8.24. The van der Waals surface area contributed by atoms with Crippen LogP contribution in [0.25, 0.3) is 0 Å². The molecule has 1 saturated carbocycles.